The fourth-order valence-corrected chi connectivity index (χ4v) is 3.62. The van der Waals surface area contributed by atoms with Crippen LogP contribution in [0.4, 0.5) is 23.3 Å². The number of ether oxygens (including phenoxy) is 1. The summed E-state index contributed by atoms with van der Waals surface area (Å²) in [6.07, 6.45) is 5.54. The van der Waals surface area contributed by atoms with Crippen LogP contribution >= 0.6 is 0 Å². The summed E-state index contributed by atoms with van der Waals surface area (Å²) in [4.78, 5) is 22.0. The summed E-state index contributed by atoms with van der Waals surface area (Å²) < 4.78 is 5.42. The van der Waals surface area contributed by atoms with E-state index >= 15 is 0 Å². The first-order chi connectivity index (χ1) is 13.3. The first-order valence-electron chi connectivity index (χ1n) is 9.48. The zero-order valence-corrected chi connectivity index (χ0v) is 15.6. The van der Waals surface area contributed by atoms with Crippen molar-refractivity contribution in [2.45, 2.75) is 18.9 Å². The highest BCUT2D eigenvalue weighted by molar-refractivity contribution is 5.51. The van der Waals surface area contributed by atoms with Crippen LogP contribution in [0.25, 0.3) is 0 Å². The molecule has 0 aliphatic carbocycles. The number of morpholine rings is 1. The molecule has 2 saturated heterocycles. The van der Waals surface area contributed by atoms with Crippen molar-refractivity contribution in [2.24, 2.45) is 0 Å². The Kier molecular flexibility index (Phi) is 5.47. The third kappa shape index (κ3) is 4.19. The SMILES string of the molecule is CNc1cc(N2CCCC2CNc2cc(N3CCOCC3)ncn2)ncn1. The summed E-state index contributed by atoms with van der Waals surface area (Å²) in [5, 5.41) is 6.56. The quantitative estimate of drug-likeness (QED) is 0.779. The lowest BCUT2D eigenvalue weighted by atomic mass is 10.2. The maximum atomic E-state index is 5.42. The van der Waals surface area contributed by atoms with Gasteiger partial charge in [-0.3, -0.25) is 0 Å². The van der Waals surface area contributed by atoms with Crippen LogP contribution in [-0.2, 0) is 4.74 Å². The maximum absolute atomic E-state index is 5.42. The smallest absolute Gasteiger partial charge is 0.134 e. The van der Waals surface area contributed by atoms with E-state index in [4.69, 9.17) is 4.74 Å². The molecule has 4 rings (SSSR count). The molecule has 2 aliphatic rings. The summed E-state index contributed by atoms with van der Waals surface area (Å²) in [6.45, 7) is 5.06. The summed E-state index contributed by atoms with van der Waals surface area (Å²) in [5.41, 5.74) is 0. The topological polar surface area (TPSA) is 91.3 Å². The summed E-state index contributed by atoms with van der Waals surface area (Å²) in [5.74, 6) is 3.62. The van der Waals surface area contributed by atoms with E-state index in [1.807, 2.05) is 19.2 Å². The minimum Gasteiger partial charge on any atom is -0.378 e. The number of nitrogens with zero attached hydrogens (tertiary/aromatic N) is 6. The Morgan fingerprint density at radius 3 is 2.56 bits per heavy atom. The van der Waals surface area contributed by atoms with Crippen LogP contribution in [0.15, 0.2) is 24.8 Å². The van der Waals surface area contributed by atoms with Gasteiger partial charge >= 0.3 is 0 Å². The van der Waals surface area contributed by atoms with E-state index in [1.165, 1.54) is 0 Å². The Bertz CT molecular complexity index is 752. The van der Waals surface area contributed by atoms with Gasteiger partial charge in [0.25, 0.3) is 0 Å². The van der Waals surface area contributed by atoms with Crippen molar-refractivity contribution in [3.63, 3.8) is 0 Å². The van der Waals surface area contributed by atoms with Crippen LogP contribution in [0, 0.1) is 0 Å². The molecule has 0 aromatic carbocycles. The molecular weight excluding hydrogens is 344 g/mol. The minimum absolute atomic E-state index is 0.381. The second-order valence-corrected chi connectivity index (χ2v) is 6.74. The van der Waals surface area contributed by atoms with Gasteiger partial charge < -0.3 is 25.2 Å². The molecule has 144 valence electrons. The van der Waals surface area contributed by atoms with Gasteiger partial charge in [0.1, 0.15) is 35.9 Å². The zero-order valence-electron chi connectivity index (χ0n) is 15.6. The molecule has 9 heteroatoms. The number of anilines is 4. The standard InChI is InChI=1S/C18H26N8O/c1-19-15-9-18(24-12-21-15)26-4-2-3-14(26)11-20-16-10-17(23-13-22-16)25-5-7-27-8-6-25/h9-10,12-14H,2-8,11H2,1H3,(H,19,21,24)(H,20,22,23). The van der Waals surface area contributed by atoms with Crippen molar-refractivity contribution in [1.82, 2.24) is 19.9 Å². The predicted molar refractivity (Wildman–Crippen MR) is 106 cm³/mol. The Balaban J connectivity index is 1.40. The van der Waals surface area contributed by atoms with Gasteiger partial charge in [-0.15, -0.1) is 0 Å². The monoisotopic (exact) mass is 370 g/mol. The van der Waals surface area contributed by atoms with Crippen LogP contribution in [-0.4, -0.2) is 72.4 Å². The Morgan fingerprint density at radius 2 is 1.74 bits per heavy atom. The first kappa shape index (κ1) is 17.7. The molecule has 0 radical (unpaired) electrons. The van der Waals surface area contributed by atoms with E-state index in [1.54, 1.807) is 12.7 Å². The molecule has 2 N–H and O–H groups in total. The van der Waals surface area contributed by atoms with Crippen molar-refractivity contribution < 1.29 is 4.74 Å². The third-order valence-corrected chi connectivity index (χ3v) is 5.09. The third-order valence-electron chi connectivity index (χ3n) is 5.09. The average Bonchev–Trinajstić information content (AvgIpc) is 3.22. The molecule has 27 heavy (non-hydrogen) atoms. The number of nitrogens with one attached hydrogen (secondary N) is 2. The van der Waals surface area contributed by atoms with Crippen molar-refractivity contribution >= 4 is 23.3 Å². The van der Waals surface area contributed by atoms with Crippen molar-refractivity contribution in [2.75, 3.05) is 66.9 Å². The molecule has 0 bridgehead atoms. The van der Waals surface area contributed by atoms with Gasteiger partial charge in [0.2, 0.25) is 0 Å². The van der Waals surface area contributed by atoms with Crippen LogP contribution in [0.1, 0.15) is 12.8 Å². The summed E-state index contributed by atoms with van der Waals surface area (Å²) in [7, 11) is 1.87. The predicted octanol–water partition coefficient (Wildman–Crippen LogP) is 1.23. The van der Waals surface area contributed by atoms with E-state index < -0.39 is 0 Å². The van der Waals surface area contributed by atoms with Crippen LogP contribution in [0.2, 0.25) is 0 Å². The number of hydrogen-bond acceptors (Lipinski definition) is 9. The maximum Gasteiger partial charge on any atom is 0.134 e. The molecule has 9 nitrogen and oxygen atoms in total. The van der Waals surface area contributed by atoms with Crippen LogP contribution in [0.5, 0.6) is 0 Å². The zero-order chi connectivity index (χ0) is 18.5. The molecule has 2 fully saturated rings. The van der Waals surface area contributed by atoms with Crippen molar-refractivity contribution in [3.05, 3.63) is 24.8 Å². The molecule has 2 aromatic rings. The van der Waals surface area contributed by atoms with Crippen molar-refractivity contribution in [3.8, 4) is 0 Å². The number of aromatic nitrogens is 4. The average molecular weight is 370 g/mol. The molecule has 0 amide bonds. The molecule has 2 aliphatic heterocycles. The Morgan fingerprint density at radius 1 is 1.00 bits per heavy atom. The number of hydrogen-bond donors (Lipinski definition) is 2. The molecule has 0 saturated carbocycles. The van der Waals surface area contributed by atoms with Crippen molar-refractivity contribution in [1.29, 1.82) is 0 Å². The lowest BCUT2D eigenvalue weighted by Crippen LogP contribution is -2.37. The van der Waals surface area contributed by atoms with E-state index in [9.17, 15) is 0 Å². The van der Waals surface area contributed by atoms with Gasteiger partial charge in [-0.1, -0.05) is 0 Å². The lowest BCUT2D eigenvalue weighted by molar-refractivity contribution is 0.122. The van der Waals surface area contributed by atoms with Crippen LogP contribution < -0.4 is 20.4 Å². The van der Waals surface area contributed by atoms with Gasteiger partial charge in [-0.2, -0.15) is 0 Å². The minimum atomic E-state index is 0.381. The fourth-order valence-electron chi connectivity index (χ4n) is 3.62. The normalized spacial score (nSPS) is 20.0. The second kappa shape index (κ2) is 8.34. The Hall–Kier alpha value is -2.68. The van der Waals surface area contributed by atoms with Gasteiger partial charge in [0.15, 0.2) is 0 Å². The molecule has 1 unspecified atom stereocenters. The lowest BCUT2D eigenvalue weighted by Gasteiger charge is -2.28. The molecule has 1 atom stereocenters. The van der Waals surface area contributed by atoms with E-state index in [-0.39, 0.29) is 0 Å². The Labute approximate surface area is 159 Å². The van der Waals surface area contributed by atoms with Gasteiger partial charge in [-0.25, -0.2) is 19.9 Å². The molecule has 0 spiro atoms. The molecule has 2 aromatic heterocycles. The fraction of sp³-hybridized carbons (Fsp3) is 0.556. The van der Waals surface area contributed by atoms with E-state index in [0.717, 1.165) is 75.5 Å². The van der Waals surface area contributed by atoms with Gasteiger partial charge in [0, 0.05) is 51.4 Å². The summed E-state index contributed by atoms with van der Waals surface area (Å²) in [6, 6.07) is 4.40. The second-order valence-electron chi connectivity index (χ2n) is 6.74. The van der Waals surface area contributed by atoms with Crippen LogP contribution in [0.3, 0.4) is 0 Å². The number of rotatable bonds is 6. The van der Waals surface area contributed by atoms with Gasteiger partial charge in [0.05, 0.1) is 13.2 Å². The van der Waals surface area contributed by atoms with E-state index in [0.29, 0.717) is 6.04 Å². The highest BCUT2D eigenvalue weighted by Crippen LogP contribution is 2.25. The van der Waals surface area contributed by atoms with Gasteiger partial charge in [-0.05, 0) is 12.8 Å². The first-order valence-corrected chi connectivity index (χ1v) is 9.48. The highest BCUT2D eigenvalue weighted by Gasteiger charge is 2.26. The van der Waals surface area contributed by atoms with E-state index in [2.05, 4.69) is 40.4 Å². The molecule has 4 heterocycles. The molecular formula is C18H26N8O. The highest BCUT2D eigenvalue weighted by atomic mass is 16.5. The summed E-state index contributed by atoms with van der Waals surface area (Å²) >= 11 is 0. The largest absolute Gasteiger partial charge is 0.378 e.